The van der Waals surface area contributed by atoms with Crippen LogP contribution in [0.25, 0.3) is 16.9 Å². The van der Waals surface area contributed by atoms with E-state index in [1.165, 1.54) is 6.33 Å². The van der Waals surface area contributed by atoms with Crippen LogP contribution in [0.3, 0.4) is 0 Å². The number of hydrogen-bond donors (Lipinski definition) is 2. The van der Waals surface area contributed by atoms with Crippen LogP contribution in [0.1, 0.15) is 51.0 Å². The highest BCUT2D eigenvalue weighted by molar-refractivity contribution is 5.70. The minimum absolute atomic E-state index is 0.0169. The van der Waals surface area contributed by atoms with E-state index >= 15 is 0 Å². The van der Waals surface area contributed by atoms with E-state index < -0.39 is 0 Å². The number of carbonyl (C=O) groups is 1. The minimum Gasteiger partial charge on any atom is -0.443 e. The molecule has 6 heterocycles. The molecule has 1 amide bonds. The van der Waals surface area contributed by atoms with E-state index in [1.54, 1.807) is 12.4 Å². The van der Waals surface area contributed by atoms with Crippen molar-refractivity contribution in [3.63, 3.8) is 0 Å². The Bertz CT molecular complexity index is 1180. The van der Waals surface area contributed by atoms with Gasteiger partial charge in [0.1, 0.15) is 18.2 Å². The fourth-order valence-corrected chi connectivity index (χ4v) is 5.42. The average Bonchev–Trinajstić information content (AvgIpc) is 3.36. The smallest absolute Gasteiger partial charge is 0.410 e. The fourth-order valence-electron chi connectivity index (χ4n) is 5.42. The highest BCUT2D eigenvalue weighted by Crippen LogP contribution is 2.38. The van der Waals surface area contributed by atoms with Gasteiger partial charge in [0.05, 0.1) is 11.9 Å². The zero-order valence-electron chi connectivity index (χ0n) is 19.5. The molecule has 34 heavy (non-hydrogen) atoms. The second-order valence-corrected chi connectivity index (χ2v) is 9.91. The molecular weight excluding hydrogens is 432 g/mol. The molecule has 3 fully saturated rings. The van der Waals surface area contributed by atoms with Crippen molar-refractivity contribution < 1.29 is 9.53 Å². The van der Waals surface area contributed by atoms with Gasteiger partial charge in [0.15, 0.2) is 5.65 Å². The number of ether oxygens (including phenoxy) is 1. The lowest BCUT2D eigenvalue weighted by Crippen LogP contribution is -2.55. The highest BCUT2D eigenvalue weighted by atomic mass is 16.6. The number of nitrogens with zero attached hydrogens (tertiary/aromatic N) is 6. The maximum absolute atomic E-state index is 12.8. The van der Waals surface area contributed by atoms with Gasteiger partial charge in [-0.05, 0) is 31.6 Å². The summed E-state index contributed by atoms with van der Waals surface area (Å²) >= 11 is 0. The zero-order chi connectivity index (χ0) is 23.2. The molecule has 2 N–H and O–H groups in total. The van der Waals surface area contributed by atoms with E-state index in [1.807, 2.05) is 21.7 Å². The molecule has 3 aromatic heterocycles. The molecule has 178 valence electrons. The Balaban J connectivity index is 1.27. The molecule has 0 aliphatic carbocycles. The number of carbonyl (C=O) groups excluding carboxylic acids is 1. The molecule has 2 atom stereocenters. The quantitative estimate of drug-likeness (QED) is 0.596. The van der Waals surface area contributed by atoms with E-state index in [0.29, 0.717) is 5.92 Å². The average molecular weight is 463 g/mol. The fraction of sp³-hybridized carbons (Fsp3) is 0.542. The summed E-state index contributed by atoms with van der Waals surface area (Å²) in [4.78, 5) is 28.0. The SMILES string of the molecule is CC(C)c1cnn2c(NC3CC4CCC(C3)N4C(=O)OC3CNC3)cc(-c3cncnc3)nc12. The Labute approximate surface area is 198 Å². The van der Waals surface area contributed by atoms with E-state index in [4.69, 9.17) is 9.72 Å². The first kappa shape index (κ1) is 21.3. The normalized spacial score (nSPS) is 24.4. The molecule has 10 heteroatoms. The lowest BCUT2D eigenvalue weighted by Gasteiger charge is -2.40. The molecule has 3 aliphatic rings. The van der Waals surface area contributed by atoms with E-state index in [0.717, 1.165) is 67.1 Å². The van der Waals surface area contributed by atoms with Crippen LogP contribution in [0, 0.1) is 0 Å². The van der Waals surface area contributed by atoms with Crippen LogP contribution in [0.5, 0.6) is 0 Å². The van der Waals surface area contributed by atoms with Crippen molar-refractivity contribution in [3.8, 4) is 11.3 Å². The van der Waals surface area contributed by atoms with Gasteiger partial charge in [0, 0.05) is 60.8 Å². The molecule has 3 aliphatic heterocycles. The first-order chi connectivity index (χ1) is 16.6. The second-order valence-electron chi connectivity index (χ2n) is 9.91. The van der Waals surface area contributed by atoms with E-state index in [9.17, 15) is 4.79 Å². The Morgan fingerprint density at radius 1 is 1.15 bits per heavy atom. The third-order valence-electron chi connectivity index (χ3n) is 7.28. The van der Waals surface area contributed by atoms with Crippen molar-refractivity contribution in [1.29, 1.82) is 0 Å². The van der Waals surface area contributed by atoms with Gasteiger partial charge in [-0.2, -0.15) is 9.61 Å². The van der Waals surface area contributed by atoms with Gasteiger partial charge < -0.3 is 20.3 Å². The largest absolute Gasteiger partial charge is 0.443 e. The first-order valence-corrected chi connectivity index (χ1v) is 12.2. The van der Waals surface area contributed by atoms with Crippen molar-refractivity contribution in [2.75, 3.05) is 18.4 Å². The van der Waals surface area contributed by atoms with Gasteiger partial charge in [-0.1, -0.05) is 13.8 Å². The highest BCUT2D eigenvalue weighted by Gasteiger charge is 2.45. The summed E-state index contributed by atoms with van der Waals surface area (Å²) < 4.78 is 7.58. The van der Waals surface area contributed by atoms with Crippen LogP contribution in [-0.2, 0) is 4.74 Å². The standard InChI is InChI=1S/C24H30N8O2/c1-14(2)20-12-28-32-22(7-21(30-23(20)32)15-8-26-13-27-9-15)29-16-5-17-3-4-18(6-16)31(17)24(33)34-19-10-25-11-19/h7-9,12-14,16-19,25,29H,3-6,10-11H2,1-2H3. The summed E-state index contributed by atoms with van der Waals surface area (Å²) in [5.41, 5.74) is 3.63. The molecular formula is C24H30N8O2. The monoisotopic (exact) mass is 462 g/mol. The topological polar surface area (TPSA) is 110 Å². The summed E-state index contributed by atoms with van der Waals surface area (Å²) in [7, 11) is 0. The summed E-state index contributed by atoms with van der Waals surface area (Å²) in [6.45, 7) is 5.81. The molecule has 2 unspecified atom stereocenters. The zero-order valence-corrected chi connectivity index (χ0v) is 19.5. The summed E-state index contributed by atoms with van der Waals surface area (Å²) in [6, 6.07) is 2.68. The van der Waals surface area contributed by atoms with Gasteiger partial charge in [-0.3, -0.25) is 0 Å². The van der Waals surface area contributed by atoms with Crippen molar-refractivity contribution >= 4 is 17.6 Å². The molecule has 0 spiro atoms. The molecule has 10 nitrogen and oxygen atoms in total. The third-order valence-corrected chi connectivity index (χ3v) is 7.28. The van der Waals surface area contributed by atoms with Gasteiger partial charge in [0.2, 0.25) is 0 Å². The van der Waals surface area contributed by atoms with Crippen molar-refractivity contribution in [1.82, 2.24) is 34.8 Å². The van der Waals surface area contributed by atoms with Crippen LogP contribution in [-0.4, -0.2) is 72.9 Å². The Morgan fingerprint density at radius 3 is 2.53 bits per heavy atom. The van der Waals surface area contributed by atoms with Crippen LogP contribution in [0.4, 0.5) is 10.6 Å². The van der Waals surface area contributed by atoms with Crippen LogP contribution < -0.4 is 10.6 Å². The first-order valence-electron chi connectivity index (χ1n) is 12.2. The number of nitrogens with one attached hydrogen (secondary N) is 2. The van der Waals surface area contributed by atoms with Gasteiger partial charge in [-0.15, -0.1) is 0 Å². The molecule has 3 aromatic rings. The maximum Gasteiger partial charge on any atom is 0.410 e. The number of rotatable bonds is 5. The van der Waals surface area contributed by atoms with E-state index in [2.05, 4.69) is 39.5 Å². The van der Waals surface area contributed by atoms with Gasteiger partial charge >= 0.3 is 6.09 Å². The van der Waals surface area contributed by atoms with E-state index in [-0.39, 0.29) is 30.3 Å². The molecule has 6 rings (SSSR count). The molecule has 2 bridgehead atoms. The Hall–Kier alpha value is -3.27. The lowest BCUT2D eigenvalue weighted by atomic mass is 9.97. The summed E-state index contributed by atoms with van der Waals surface area (Å²) in [5, 5.41) is 11.6. The number of fused-ring (bicyclic) bond motifs is 3. The predicted octanol–water partition coefficient (Wildman–Crippen LogP) is 2.83. The summed E-state index contributed by atoms with van der Waals surface area (Å²) in [5.74, 6) is 1.20. The molecule has 0 aromatic carbocycles. The van der Waals surface area contributed by atoms with Crippen molar-refractivity contribution in [2.24, 2.45) is 0 Å². The minimum atomic E-state index is -0.149. The second kappa shape index (κ2) is 8.50. The van der Waals surface area contributed by atoms with Gasteiger partial charge in [-0.25, -0.2) is 19.7 Å². The third kappa shape index (κ3) is 3.75. The maximum atomic E-state index is 12.8. The summed E-state index contributed by atoms with van der Waals surface area (Å²) in [6.07, 6.45) is 10.7. The van der Waals surface area contributed by atoms with Crippen molar-refractivity contribution in [3.05, 3.63) is 36.5 Å². The predicted molar refractivity (Wildman–Crippen MR) is 127 cm³/mol. The number of amides is 1. The molecule has 0 saturated carbocycles. The number of anilines is 1. The number of hydrogen-bond acceptors (Lipinski definition) is 8. The van der Waals surface area contributed by atoms with Gasteiger partial charge in [0.25, 0.3) is 0 Å². The molecule has 3 saturated heterocycles. The Kier molecular flexibility index (Phi) is 5.32. The Morgan fingerprint density at radius 2 is 1.88 bits per heavy atom. The number of aromatic nitrogens is 5. The molecule has 0 radical (unpaired) electrons. The number of piperidine rings is 1. The van der Waals surface area contributed by atoms with Crippen LogP contribution in [0.2, 0.25) is 0 Å². The van der Waals surface area contributed by atoms with Crippen LogP contribution >= 0.6 is 0 Å². The van der Waals surface area contributed by atoms with Crippen LogP contribution in [0.15, 0.2) is 31.0 Å². The van der Waals surface area contributed by atoms with Crippen molar-refractivity contribution in [2.45, 2.75) is 69.7 Å². The lowest BCUT2D eigenvalue weighted by molar-refractivity contribution is 0.0194.